The second kappa shape index (κ2) is 11.1. The molecule has 0 saturated carbocycles. The molecule has 0 fully saturated rings. The molecule has 4 rings (SSSR count). The van der Waals surface area contributed by atoms with Crippen molar-refractivity contribution in [2.75, 3.05) is 13.7 Å². The Balaban J connectivity index is 1.83. The zero-order valence-electron chi connectivity index (χ0n) is 21.7. The van der Waals surface area contributed by atoms with Crippen molar-refractivity contribution in [2.24, 2.45) is 0 Å². The van der Waals surface area contributed by atoms with Crippen molar-refractivity contribution < 1.29 is 27.9 Å². The van der Waals surface area contributed by atoms with Crippen LogP contribution in [-0.2, 0) is 11.5 Å². The number of hydrogen-bond acceptors (Lipinski definition) is 8. The SMILES string of the molecule is COc1ncc(-c2cn(COCC[Si](C)(C)C)c3nccc(Oc4c(F)cc([N+](=O)[O-])cc4F)c23)cc1C#N. The standard InChI is InChI=1S/C26H25F2N5O5Si/c1-36-26-16(12-29)9-17(13-31-26)19-14-32(15-37-7-8-39(2,3)4)25-23(19)22(5-6-30-25)38-24-20(27)10-18(33(34)35)11-21(24)28/h5-6,9-11,13-14H,7-8,15H2,1-4H3. The summed E-state index contributed by atoms with van der Waals surface area (Å²) in [5, 5.41) is 20.9. The van der Waals surface area contributed by atoms with E-state index in [4.69, 9.17) is 14.2 Å². The first-order valence-corrected chi connectivity index (χ1v) is 15.5. The van der Waals surface area contributed by atoms with Crippen LogP contribution in [0, 0.1) is 33.1 Å². The molecule has 4 aromatic rings. The summed E-state index contributed by atoms with van der Waals surface area (Å²) < 4.78 is 47.8. The normalized spacial score (nSPS) is 11.4. The van der Waals surface area contributed by atoms with E-state index in [1.54, 1.807) is 16.8 Å². The average molecular weight is 554 g/mol. The number of nitriles is 1. The maximum atomic E-state index is 14.7. The van der Waals surface area contributed by atoms with Crippen LogP contribution in [-0.4, -0.2) is 41.2 Å². The van der Waals surface area contributed by atoms with Gasteiger partial charge in [-0.05, 0) is 18.2 Å². The Bertz CT molecular complexity index is 1570. The number of pyridine rings is 2. The van der Waals surface area contributed by atoms with Crippen LogP contribution < -0.4 is 9.47 Å². The van der Waals surface area contributed by atoms with Gasteiger partial charge in [0.15, 0.2) is 17.4 Å². The summed E-state index contributed by atoms with van der Waals surface area (Å²) in [7, 11) is 0.0743. The molecule has 13 heteroatoms. The number of non-ortho nitro benzene ring substituents is 1. The lowest BCUT2D eigenvalue weighted by Crippen LogP contribution is -2.22. The van der Waals surface area contributed by atoms with E-state index in [2.05, 4.69) is 29.6 Å². The Morgan fingerprint density at radius 1 is 1.18 bits per heavy atom. The van der Waals surface area contributed by atoms with Crippen molar-refractivity contribution in [2.45, 2.75) is 32.4 Å². The third-order valence-corrected chi connectivity index (χ3v) is 7.53. The van der Waals surface area contributed by atoms with Crippen LogP contribution in [0.3, 0.4) is 0 Å². The quantitative estimate of drug-likeness (QED) is 0.0974. The minimum atomic E-state index is -1.32. The van der Waals surface area contributed by atoms with Crippen LogP contribution in [0.15, 0.2) is 42.9 Å². The largest absolute Gasteiger partial charge is 0.480 e. The molecule has 0 aliphatic carbocycles. The summed E-state index contributed by atoms with van der Waals surface area (Å²) in [4.78, 5) is 18.7. The van der Waals surface area contributed by atoms with Crippen LogP contribution in [0.5, 0.6) is 17.4 Å². The maximum Gasteiger partial charge on any atom is 0.275 e. The van der Waals surface area contributed by atoms with Gasteiger partial charge in [-0.3, -0.25) is 10.1 Å². The van der Waals surface area contributed by atoms with Crippen molar-refractivity contribution in [1.29, 1.82) is 5.26 Å². The van der Waals surface area contributed by atoms with Crippen molar-refractivity contribution in [3.63, 3.8) is 0 Å². The van der Waals surface area contributed by atoms with E-state index in [0.717, 1.165) is 6.04 Å². The van der Waals surface area contributed by atoms with E-state index < -0.39 is 36.1 Å². The van der Waals surface area contributed by atoms with Crippen molar-refractivity contribution in [3.05, 3.63) is 70.2 Å². The molecule has 1 aromatic carbocycles. The highest BCUT2D eigenvalue weighted by Crippen LogP contribution is 2.40. The van der Waals surface area contributed by atoms with Gasteiger partial charge in [-0.2, -0.15) is 5.26 Å². The summed E-state index contributed by atoms with van der Waals surface area (Å²) in [6, 6.07) is 7.15. The Kier molecular flexibility index (Phi) is 7.89. The first-order chi connectivity index (χ1) is 18.5. The Morgan fingerprint density at radius 3 is 2.51 bits per heavy atom. The van der Waals surface area contributed by atoms with Gasteiger partial charge in [-0.25, -0.2) is 18.7 Å². The number of halogens is 2. The van der Waals surface area contributed by atoms with Crippen molar-refractivity contribution in [3.8, 4) is 34.6 Å². The molecular formula is C26H25F2N5O5Si. The van der Waals surface area contributed by atoms with Gasteiger partial charge in [0, 0.05) is 44.4 Å². The van der Waals surface area contributed by atoms with Gasteiger partial charge in [0.25, 0.3) is 5.69 Å². The van der Waals surface area contributed by atoms with Gasteiger partial charge < -0.3 is 18.8 Å². The molecule has 0 aliphatic rings. The number of hydrogen-bond donors (Lipinski definition) is 0. The number of benzene rings is 1. The van der Waals surface area contributed by atoms with E-state index >= 15 is 0 Å². The predicted octanol–water partition coefficient (Wildman–Crippen LogP) is 6.27. The van der Waals surface area contributed by atoms with E-state index in [1.807, 2.05) is 6.07 Å². The molecule has 0 unspecified atom stereocenters. The molecule has 3 aromatic heterocycles. The lowest BCUT2D eigenvalue weighted by atomic mass is 10.1. The fraction of sp³-hybridized carbons (Fsp3) is 0.269. The zero-order valence-corrected chi connectivity index (χ0v) is 22.7. The molecule has 10 nitrogen and oxygen atoms in total. The molecule has 0 aliphatic heterocycles. The predicted molar refractivity (Wildman–Crippen MR) is 141 cm³/mol. The smallest absolute Gasteiger partial charge is 0.275 e. The molecule has 0 amide bonds. The molecule has 3 heterocycles. The monoisotopic (exact) mass is 553 g/mol. The van der Waals surface area contributed by atoms with E-state index in [0.29, 0.717) is 40.9 Å². The Labute approximate surface area is 223 Å². The number of nitrogens with zero attached hydrogens (tertiary/aromatic N) is 5. The summed E-state index contributed by atoms with van der Waals surface area (Å²) >= 11 is 0. The molecule has 0 bridgehead atoms. The van der Waals surface area contributed by atoms with Gasteiger partial charge in [-0.15, -0.1) is 0 Å². The van der Waals surface area contributed by atoms with Crippen LogP contribution in [0.25, 0.3) is 22.2 Å². The summed E-state index contributed by atoms with van der Waals surface area (Å²) in [5.74, 6) is -3.09. The second-order valence-electron chi connectivity index (χ2n) is 9.86. The van der Waals surface area contributed by atoms with E-state index in [1.165, 1.54) is 25.6 Å². The maximum absolute atomic E-state index is 14.7. The Hall–Kier alpha value is -4.41. The van der Waals surface area contributed by atoms with Crippen molar-refractivity contribution >= 4 is 24.8 Å². The number of rotatable bonds is 10. The Morgan fingerprint density at radius 2 is 1.90 bits per heavy atom. The zero-order chi connectivity index (χ0) is 28.3. The topological polar surface area (TPSA) is 125 Å². The molecule has 0 radical (unpaired) electrons. The minimum absolute atomic E-state index is 0.0387. The fourth-order valence-electron chi connectivity index (χ4n) is 3.83. The minimum Gasteiger partial charge on any atom is -0.480 e. The number of ether oxygens (including phenoxy) is 3. The van der Waals surface area contributed by atoms with Crippen LogP contribution in [0.1, 0.15) is 5.56 Å². The highest BCUT2D eigenvalue weighted by molar-refractivity contribution is 6.76. The lowest BCUT2D eigenvalue weighted by Gasteiger charge is -2.15. The molecule has 0 N–H and O–H groups in total. The van der Waals surface area contributed by atoms with Gasteiger partial charge in [-0.1, -0.05) is 19.6 Å². The molecule has 202 valence electrons. The summed E-state index contributed by atoms with van der Waals surface area (Å²) in [6.07, 6.45) is 4.63. The average Bonchev–Trinajstić information content (AvgIpc) is 3.27. The highest BCUT2D eigenvalue weighted by Gasteiger charge is 2.23. The number of nitro groups is 1. The van der Waals surface area contributed by atoms with E-state index in [9.17, 15) is 24.2 Å². The third kappa shape index (κ3) is 6.02. The van der Waals surface area contributed by atoms with Crippen molar-refractivity contribution in [1.82, 2.24) is 14.5 Å². The first kappa shape index (κ1) is 27.6. The molecular weight excluding hydrogens is 528 g/mol. The third-order valence-electron chi connectivity index (χ3n) is 5.83. The molecule has 0 saturated heterocycles. The fourth-order valence-corrected chi connectivity index (χ4v) is 4.59. The number of aromatic nitrogens is 3. The number of methoxy groups -OCH3 is 1. The van der Waals surface area contributed by atoms with Crippen LogP contribution >= 0.6 is 0 Å². The van der Waals surface area contributed by atoms with E-state index in [-0.39, 0.29) is 23.9 Å². The molecule has 39 heavy (non-hydrogen) atoms. The van der Waals surface area contributed by atoms with Crippen LogP contribution in [0.2, 0.25) is 25.7 Å². The van der Waals surface area contributed by atoms with Gasteiger partial charge >= 0.3 is 0 Å². The lowest BCUT2D eigenvalue weighted by molar-refractivity contribution is -0.385. The summed E-state index contributed by atoms with van der Waals surface area (Å²) in [5.41, 5.74) is 0.846. The second-order valence-corrected chi connectivity index (χ2v) is 15.5. The van der Waals surface area contributed by atoms with Gasteiger partial charge in [0.1, 0.15) is 29.8 Å². The number of fused-ring (bicyclic) bond motifs is 1. The summed E-state index contributed by atoms with van der Waals surface area (Å²) in [6.45, 7) is 7.41. The first-order valence-electron chi connectivity index (χ1n) is 11.8. The molecule has 0 atom stereocenters. The molecule has 0 spiro atoms. The van der Waals surface area contributed by atoms with Gasteiger partial charge in [0.05, 0.1) is 29.6 Å². The highest BCUT2D eigenvalue weighted by atomic mass is 28.3. The van der Waals surface area contributed by atoms with Gasteiger partial charge in [0.2, 0.25) is 5.88 Å². The van der Waals surface area contributed by atoms with Crippen LogP contribution in [0.4, 0.5) is 14.5 Å². The number of nitro benzene ring substituents is 1.